The largest absolute Gasteiger partial charge is 0.493 e. The Kier molecular flexibility index (Phi) is 10.7. The maximum atomic E-state index is 12.7. The zero-order valence-corrected chi connectivity index (χ0v) is 20.4. The van der Waals surface area contributed by atoms with Gasteiger partial charge in [-0.25, -0.2) is 9.98 Å². The van der Waals surface area contributed by atoms with E-state index in [4.69, 9.17) is 9.47 Å². The van der Waals surface area contributed by atoms with E-state index in [1.807, 2.05) is 37.1 Å². The molecule has 0 aliphatic heterocycles. The minimum atomic E-state index is -4.43. The first-order chi connectivity index (χ1) is 13.8. The van der Waals surface area contributed by atoms with Gasteiger partial charge in [-0.2, -0.15) is 13.2 Å². The fourth-order valence-corrected chi connectivity index (χ4v) is 3.29. The summed E-state index contributed by atoms with van der Waals surface area (Å²) in [6.45, 7) is 3.32. The van der Waals surface area contributed by atoms with Gasteiger partial charge in [-0.05, 0) is 31.0 Å². The highest BCUT2D eigenvalue weighted by molar-refractivity contribution is 14.0. The number of aliphatic imine (C=N–C) groups is 1. The van der Waals surface area contributed by atoms with Gasteiger partial charge in [-0.1, -0.05) is 6.07 Å². The number of methoxy groups -OCH3 is 2. The van der Waals surface area contributed by atoms with Crippen LogP contribution in [-0.2, 0) is 19.1 Å². The molecule has 0 amide bonds. The van der Waals surface area contributed by atoms with Gasteiger partial charge in [0.1, 0.15) is 5.01 Å². The predicted molar refractivity (Wildman–Crippen MR) is 123 cm³/mol. The first kappa shape index (κ1) is 26.3. The highest BCUT2D eigenvalue weighted by Crippen LogP contribution is 2.30. The van der Waals surface area contributed by atoms with Gasteiger partial charge in [0.2, 0.25) is 0 Å². The zero-order chi connectivity index (χ0) is 21.4. The van der Waals surface area contributed by atoms with Gasteiger partial charge in [0.05, 0.1) is 20.8 Å². The molecule has 0 radical (unpaired) electrons. The Labute approximate surface area is 195 Å². The van der Waals surface area contributed by atoms with Crippen LogP contribution in [0.1, 0.15) is 23.2 Å². The molecule has 11 heteroatoms. The van der Waals surface area contributed by atoms with Gasteiger partial charge in [0.25, 0.3) is 0 Å². The number of ether oxygens (including phenoxy) is 2. The van der Waals surface area contributed by atoms with Crippen LogP contribution in [0.5, 0.6) is 11.5 Å². The van der Waals surface area contributed by atoms with Crippen molar-refractivity contribution in [3.8, 4) is 11.5 Å². The van der Waals surface area contributed by atoms with Crippen molar-refractivity contribution in [2.75, 3.05) is 34.4 Å². The number of aromatic nitrogens is 1. The summed E-state index contributed by atoms with van der Waals surface area (Å²) < 4.78 is 48.6. The Morgan fingerprint density at radius 2 is 1.93 bits per heavy atom. The van der Waals surface area contributed by atoms with E-state index in [1.54, 1.807) is 14.2 Å². The lowest BCUT2D eigenvalue weighted by molar-refractivity contribution is -0.140. The molecule has 0 unspecified atom stereocenters. The van der Waals surface area contributed by atoms with Crippen LogP contribution in [0, 0.1) is 0 Å². The first-order valence-corrected chi connectivity index (χ1v) is 9.88. The van der Waals surface area contributed by atoms with Crippen molar-refractivity contribution in [2.24, 2.45) is 4.99 Å². The Bertz CT molecular complexity index is 830. The van der Waals surface area contributed by atoms with Crippen molar-refractivity contribution in [3.05, 3.63) is 39.8 Å². The van der Waals surface area contributed by atoms with Gasteiger partial charge in [0.15, 0.2) is 23.2 Å². The van der Waals surface area contributed by atoms with E-state index < -0.39 is 11.9 Å². The van der Waals surface area contributed by atoms with Crippen molar-refractivity contribution in [1.82, 2.24) is 15.2 Å². The average Bonchev–Trinajstić information content (AvgIpc) is 3.18. The summed E-state index contributed by atoms with van der Waals surface area (Å²) in [5.74, 6) is 1.94. The Morgan fingerprint density at radius 1 is 1.23 bits per heavy atom. The number of nitrogens with one attached hydrogen (secondary N) is 1. The number of thiazole rings is 1. The lowest BCUT2D eigenvalue weighted by Crippen LogP contribution is -2.39. The second-order valence-electron chi connectivity index (χ2n) is 6.16. The molecule has 0 aliphatic carbocycles. The molecule has 1 aromatic carbocycles. The summed E-state index contributed by atoms with van der Waals surface area (Å²) >= 11 is 0.956. The number of alkyl halides is 3. The van der Waals surface area contributed by atoms with Crippen molar-refractivity contribution in [2.45, 2.75) is 26.1 Å². The lowest BCUT2D eigenvalue weighted by atomic mass is 10.1. The number of halogens is 4. The van der Waals surface area contributed by atoms with Crippen LogP contribution in [0.4, 0.5) is 13.2 Å². The van der Waals surface area contributed by atoms with Crippen LogP contribution >= 0.6 is 35.3 Å². The maximum Gasteiger partial charge on any atom is 0.434 e. The van der Waals surface area contributed by atoms with E-state index in [-0.39, 0.29) is 30.5 Å². The van der Waals surface area contributed by atoms with E-state index in [1.165, 1.54) is 0 Å². The molecule has 2 aromatic rings. The van der Waals surface area contributed by atoms with Crippen LogP contribution in [0.2, 0.25) is 0 Å². The number of rotatable bonds is 8. The number of hydrogen-bond donors (Lipinski definition) is 1. The molecule has 0 saturated heterocycles. The van der Waals surface area contributed by atoms with Gasteiger partial charge in [0, 0.05) is 25.5 Å². The third kappa shape index (κ3) is 7.49. The van der Waals surface area contributed by atoms with E-state index in [2.05, 4.69) is 15.3 Å². The van der Waals surface area contributed by atoms with E-state index >= 15 is 0 Å². The summed E-state index contributed by atoms with van der Waals surface area (Å²) in [5.41, 5.74) is 0.194. The highest BCUT2D eigenvalue weighted by atomic mass is 127. The summed E-state index contributed by atoms with van der Waals surface area (Å²) in [5, 5.41) is 4.49. The smallest absolute Gasteiger partial charge is 0.434 e. The monoisotopic (exact) mass is 558 g/mol. The lowest BCUT2D eigenvalue weighted by Gasteiger charge is -2.22. The quantitative estimate of drug-likeness (QED) is 0.295. The minimum Gasteiger partial charge on any atom is -0.493 e. The van der Waals surface area contributed by atoms with Crippen molar-refractivity contribution >= 4 is 41.3 Å². The molecule has 0 saturated carbocycles. The van der Waals surface area contributed by atoms with Crippen molar-refractivity contribution in [3.63, 3.8) is 0 Å². The summed E-state index contributed by atoms with van der Waals surface area (Å²) in [6.07, 6.45) is -3.70. The number of nitrogens with zero attached hydrogens (tertiary/aromatic N) is 3. The molecule has 0 atom stereocenters. The van der Waals surface area contributed by atoms with Crippen LogP contribution in [0.25, 0.3) is 0 Å². The fourth-order valence-electron chi connectivity index (χ4n) is 2.56. The standard InChI is InChI=1S/C19H25F3N4O2S.HI/c1-5-23-18(24-11-17-25-16(12-29-17)19(20,21)22)26(2)9-8-13-6-7-14(27-3)15(10-13)28-4;/h6-7,10,12H,5,8-9,11H2,1-4H3,(H,23,24);1H. The SMILES string of the molecule is CCNC(=NCc1nc(C(F)(F)F)cs1)N(C)CCc1ccc(OC)c(OC)c1.I. The molecule has 0 fully saturated rings. The minimum absolute atomic E-state index is 0. The fraction of sp³-hybridized carbons (Fsp3) is 0.474. The number of benzene rings is 1. The van der Waals surface area contributed by atoms with Crippen molar-refractivity contribution < 1.29 is 22.6 Å². The highest BCUT2D eigenvalue weighted by Gasteiger charge is 2.33. The number of guanidine groups is 1. The van der Waals surface area contributed by atoms with Crippen LogP contribution in [0.3, 0.4) is 0 Å². The van der Waals surface area contributed by atoms with Crippen molar-refractivity contribution in [1.29, 1.82) is 0 Å². The molecule has 6 nitrogen and oxygen atoms in total. The summed E-state index contributed by atoms with van der Waals surface area (Å²) in [7, 11) is 5.06. The summed E-state index contributed by atoms with van der Waals surface area (Å²) in [6, 6.07) is 5.74. The molecule has 1 heterocycles. The van der Waals surface area contributed by atoms with E-state index in [0.29, 0.717) is 35.6 Å². The molecule has 1 N–H and O–H groups in total. The second kappa shape index (κ2) is 12.2. The third-order valence-corrected chi connectivity index (χ3v) is 4.92. The molecule has 168 valence electrons. The van der Waals surface area contributed by atoms with Gasteiger partial charge < -0.3 is 19.7 Å². The number of likely N-dealkylation sites (N-methyl/N-ethyl adjacent to an activating group) is 1. The molecular weight excluding hydrogens is 532 g/mol. The second-order valence-corrected chi connectivity index (χ2v) is 7.10. The van der Waals surface area contributed by atoms with Crippen LogP contribution in [0.15, 0.2) is 28.6 Å². The first-order valence-electron chi connectivity index (χ1n) is 9.00. The predicted octanol–water partition coefficient (Wildman–Crippen LogP) is 4.44. The van der Waals surface area contributed by atoms with Crippen LogP contribution < -0.4 is 14.8 Å². The van der Waals surface area contributed by atoms with Gasteiger partial charge in [-0.15, -0.1) is 35.3 Å². The Balaban J connectivity index is 0.00000450. The average molecular weight is 558 g/mol. The van der Waals surface area contributed by atoms with Gasteiger partial charge in [-0.3, -0.25) is 0 Å². The Hall–Kier alpha value is -1.76. The van der Waals surface area contributed by atoms with E-state index in [0.717, 1.165) is 28.7 Å². The number of hydrogen-bond acceptors (Lipinski definition) is 5. The summed E-state index contributed by atoms with van der Waals surface area (Å²) in [4.78, 5) is 9.97. The van der Waals surface area contributed by atoms with Gasteiger partial charge >= 0.3 is 6.18 Å². The zero-order valence-electron chi connectivity index (χ0n) is 17.2. The molecule has 0 bridgehead atoms. The van der Waals surface area contributed by atoms with Crippen LogP contribution in [-0.4, -0.2) is 50.2 Å². The molecule has 0 spiro atoms. The van der Waals surface area contributed by atoms with E-state index in [9.17, 15) is 13.2 Å². The maximum absolute atomic E-state index is 12.7. The molecular formula is C19H26F3IN4O2S. The molecule has 0 aliphatic rings. The molecule has 1 aromatic heterocycles. The molecule has 2 rings (SSSR count). The normalized spacial score (nSPS) is 11.6. The third-order valence-electron chi connectivity index (χ3n) is 4.09. The molecule has 30 heavy (non-hydrogen) atoms. The topological polar surface area (TPSA) is 59.0 Å². The Morgan fingerprint density at radius 3 is 2.50 bits per heavy atom.